The smallest absolute Gasteiger partial charge is 0.437 e. The number of ether oxygens (including phenoxy) is 5. The molecule has 1 fully saturated rings. The molecule has 1 saturated heterocycles. The highest BCUT2D eigenvalue weighted by Gasteiger charge is 2.47. The van der Waals surface area contributed by atoms with Gasteiger partial charge in [-0.3, -0.25) is 15.6 Å². The number of fused-ring (bicyclic) bond motifs is 1. The molecule has 17 heteroatoms. The summed E-state index contributed by atoms with van der Waals surface area (Å²) in [5, 5.41) is 14.0. The second-order valence-corrected chi connectivity index (χ2v) is 18.7. The lowest BCUT2D eigenvalue weighted by Crippen LogP contribution is -2.58. The van der Waals surface area contributed by atoms with E-state index >= 15 is 0 Å². The first-order valence-electron chi connectivity index (χ1n) is 21.0. The average molecular weight is 837 g/mol. The van der Waals surface area contributed by atoms with Gasteiger partial charge in [-0.15, -0.1) is 4.99 Å². The third-order valence-corrected chi connectivity index (χ3v) is 8.36. The van der Waals surface area contributed by atoms with Crippen molar-refractivity contribution in [1.29, 1.82) is 0 Å². The minimum absolute atomic E-state index is 0.0192. The Labute approximate surface area is 351 Å². The largest absolute Gasteiger partial charge is 0.462 e. The summed E-state index contributed by atoms with van der Waals surface area (Å²) in [6.45, 7) is 21.4. The third kappa shape index (κ3) is 19.9. The quantitative estimate of drug-likeness (QED) is 0.0470. The Morgan fingerprint density at radius 1 is 0.695 bits per heavy atom. The van der Waals surface area contributed by atoms with E-state index < -0.39 is 58.8 Å². The maximum absolute atomic E-state index is 14.2. The fourth-order valence-electron chi connectivity index (χ4n) is 6.19. The zero-order valence-electron chi connectivity index (χ0n) is 37.7. The summed E-state index contributed by atoms with van der Waals surface area (Å²) in [6, 6.07) is -0.831. The molecule has 0 unspecified atom stereocenters. The summed E-state index contributed by atoms with van der Waals surface area (Å²) in [6.07, 6.45) is 5.28. The lowest BCUT2D eigenvalue weighted by atomic mass is 9.94. The van der Waals surface area contributed by atoms with Gasteiger partial charge in [-0.1, -0.05) is 38.5 Å². The maximum Gasteiger partial charge on any atom is 0.437 e. The van der Waals surface area contributed by atoms with Crippen LogP contribution in [0.25, 0.3) is 0 Å². The Morgan fingerprint density at radius 2 is 1.22 bits per heavy atom. The van der Waals surface area contributed by atoms with Crippen LogP contribution < -0.4 is 10.6 Å². The van der Waals surface area contributed by atoms with Crippen LogP contribution in [0.1, 0.15) is 160 Å². The molecule has 0 aromatic heterocycles. The molecule has 17 nitrogen and oxygen atoms in total. The molecule has 0 radical (unpaired) electrons. The van der Waals surface area contributed by atoms with Gasteiger partial charge >= 0.3 is 30.3 Å². The molecule has 0 bridgehead atoms. The van der Waals surface area contributed by atoms with Gasteiger partial charge in [0.15, 0.2) is 0 Å². The van der Waals surface area contributed by atoms with E-state index in [2.05, 4.69) is 20.6 Å². The summed E-state index contributed by atoms with van der Waals surface area (Å²) in [4.78, 5) is 78.1. The van der Waals surface area contributed by atoms with Gasteiger partial charge in [-0.2, -0.15) is 0 Å². The van der Waals surface area contributed by atoms with E-state index in [9.17, 15) is 24.0 Å². The topological polar surface area (TPSA) is 207 Å². The van der Waals surface area contributed by atoms with Gasteiger partial charge in [0.1, 0.15) is 22.4 Å². The molecule has 0 aliphatic carbocycles. The highest BCUT2D eigenvalue weighted by Crippen LogP contribution is 2.38. The lowest BCUT2D eigenvalue weighted by molar-refractivity contribution is -0.140. The molecule has 336 valence electrons. The molecule has 2 heterocycles. The molecule has 0 aromatic carbocycles. The van der Waals surface area contributed by atoms with Crippen molar-refractivity contribution in [3.8, 4) is 0 Å². The number of guanidine groups is 2. The molecule has 0 aromatic rings. The van der Waals surface area contributed by atoms with Crippen molar-refractivity contribution in [1.82, 2.24) is 20.4 Å². The van der Waals surface area contributed by atoms with Crippen LogP contribution in [0.2, 0.25) is 0 Å². The van der Waals surface area contributed by atoms with Gasteiger partial charge in [-0.25, -0.2) is 28.9 Å². The summed E-state index contributed by atoms with van der Waals surface area (Å²) in [7, 11) is 0. The van der Waals surface area contributed by atoms with Crippen molar-refractivity contribution in [3.63, 3.8) is 0 Å². The second kappa shape index (κ2) is 22.8. The molecule has 2 aliphatic rings. The van der Waals surface area contributed by atoms with Crippen LogP contribution in [0, 0.1) is 0 Å². The Bertz CT molecular complexity index is 1500. The van der Waals surface area contributed by atoms with Gasteiger partial charge in [0.25, 0.3) is 0 Å². The average Bonchev–Trinajstić information content (AvgIpc) is 3.53. The Hall–Kier alpha value is -4.41. The van der Waals surface area contributed by atoms with Crippen LogP contribution in [0.5, 0.6) is 0 Å². The predicted octanol–water partition coefficient (Wildman–Crippen LogP) is 8.09. The highest BCUT2D eigenvalue weighted by atomic mass is 16.6. The number of nitrogens with one attached hydrogen (secondary N) is 2. The molecular weight excluding hydrogens is 764 g/mol. The monoisotopic (exact) mass is 837 g/mol. The zero-order valence-corrected chi connectivity index (χ0v) is 37.7. The van der Waals surface area contributed by atoms with Crippen molar-refractivity contribution in [2.75, 3.05) is 26.3 Å². The molecule has 4 amide bonds. The van der Waals surface area contributed by atoms with Crippen LogP contribution in [0.3, 0.4) is 0 Å². The number of nitrogens with zero attached hydrogens (tertiary/aromatic N) is 4. The zero-order chi connectivity index (χ0) is 44.6. The van der Waals surface area contributed by atoms with Gasteiger partial charge < -0.3 is 33.7 Å². The van der Waals surface area contributed by atoms with Crippen molar-refractivity contribution >= 4 is 42.3 Å². The number of carbonyl (C=O) groups excluding carboxylic acids is 5. The SMILES string of the molecule is CC(C)(C)OC(=O)/N=C1\N2CCCC2=C(C(=O)OCCCCN=C(NC(=O)OC(C)(C)C)NC(=O)OC(C)(C)C)[C@@H](CCCCCCCCCO)N1C(=O)OC(C)(C)C. The van der Waals surface area contributed by atoms with Crippen molar-refractivity contribution in [2.45, 2.75) is 189 Å². The second-order valence-electron chi connectivity index (χ2n) is 18.7. The van der Waals surface area contributed by atoms with Crippen molar-refractivity contribution < 1.29 is 52.8 Å². The number of esters is 1. The molecule has 3 N–H and O–H groups in total. The van der Waals surface area contributed by atoms with Gasteiger partial charge in [-0.05, 0) is 122 Å². The van der Waals surface area contributed by atoms with Gasteiger partial charge in [0, 0.05) is 25.4 Å². The van der Waals surface area contributed by atoms with Crippen molar-refractivity contribution in [2.24, 2.45) is 9.98 Å². The standard InChI is InChI=1S/C42H72N6O11/c1-39(2,3)56-35(51)44-33(45-36(52)57-40(4,5)6)43-25-19-21-28-55-32(50)31-29-24-22-26-47(29)34(46-37(53)58-41(7,8)9)48(38(54)59-42(10,11)12)30(31)23-18-16-14-13-15-17-20-27-49/h30,49H,13-28H2,1-12H3,(H2,43,44,45,51,52)/b46-34+/t30-/m1/s1. The number of rotatable bonds is 15. The number of carbonyl (C=O) groups is 5. The van der Waals surface area contributed by atoms with E-state index in [1.165, 1.54) is 4.90 Å². The molecule has 59 heavy (non-hydrogen) atoms. The number of unbranched alkanes of at least 4 members (excludes halogenated alkanes) is 7. The van der Waals surface area contributed by atoms with Crippen LogP contribution in [-0.2, 0) is 28.5 Å². The van der Waals surface area contributed by atoms with E-state index in [0.717, 1.165) is 38.5 Å². The summed E-state index contributed by atoms with van der Waals surface area (Å²) >= 11 is 0. The molecule has 0 saturated carbocycles. The normalized spacial score (nSPS) is 16.6. The number of alkyl carbamates (subject to hydrolysis) is 2. The number of aliphatic imine (C=N–C) groups is 2. The van der Waals surface area contributed by atoms with E-state index in [-0.39, 0.29) is 31.7 Å². The summed E-state index contributed by atoms with van der Waals surface area (Å²) in [5.74, 6) is -0.687. The van der Waals surface area contributed by atoms with Crippen LogP contribution in [0.4, 0.5) is 19.2 Å². The number of amides is 4. The van der Waals surface area contributed by atoms with E-state index in [4.69, 9.17) is 28.8 Å². The lowest BCUT2D eigenvalue weighted by Gasteiger charge is -2.42. The Morgan fingerprint density at radius 3 is 1.75 bits per heavy atom. The van der Waals surface area contributed by atoms with Crippen LogP contribution >= 0.6 is 0 Å². The van der Waals surface area contributed by atoms with Gasteiger partial charge in [0.2, 0.25) is 11.9 Å². The van der Waals surface area contributed by atoms with E-state index in [1.807, 2.05) is 0 Å². The third-order valence-electron chi connectivity index (χ3n) is 8.36. The number of aliphatic hydroxyl groups is 1. The summed E-state index contributed by atoms with van der Waals surface area (Å²) in [5.41, 5.74) is -2.34. The predicted molar refractivity (Wildman–Crippen MR) is 224 cm³/mol. The Balaban J connectivity index is 2.36. The Kier molecular flexibility index (Phi) is 19.6. The van der Waals surface area contributed by atoms with Crippen LogP contribution in [0.15, 0.2) is 21.3 Å². The van der Waals surface area contributed by atoms with Crippen LogP contribution in [-0.4, -0.2) is 112 Å². The number of allylic oxidation sites excluding steroid dienone is 1. The molecule has 2 aliphatic heterocycles. The molecule has 1 atom stereocenters. The first kappa shape index (κ1) is 50.7. The molecular formula is C42H72N6O11. The number of aliphatic hydroxyl groups excluding tert-OH is 1. The minimum Gasteiger partial charge on any atom is -0.462 e. The first-order chi connectivity index (χ1) is 27.3. The fourth-order valence-corrected chi connectivity index (χ4v) is 6.19. The van der Waals surface area contributed by atoms with E-state index in [1.54, 1.807) is 88.0 Å². The van der Waals surface area contributed by atoms with E-state index in [0.29, 0.717) is 56.3 Å². The van der Waals surface area contributed by atoms with Gasteiger partial charge in [0.05, 0.1) is 18.2 Å². The molecule has 2 rings (SSSR count). The van der Waals surface area contributed by atoms with Crippen molar-refractivity contribution in [3.05, 3.63) is 11.3 Å². The number of hydrogen-bond donors (Lipinski definition) is 3. The fraction of sp³-hybridized carbons (Fsp3) is 0.786. The highest BCUT2D eigenvalue weighted by molar-refractivity contribution is 6.05. The summed E-state index contributed by atoms with van der Waals surface area (Å²) < 4.78 is 27.9. The molecule has 0 spiro atoms. The first-order valence-corrected chi connectivity index (χ1v) is 21.0. The minimum atomic E-state index is -0.893. The number of hydrogen-bond acceptors (Lipinski definition) is 12. The maximum atomic E-state index is 14.2.